The molecule has 0 saturated carbocycles. The van der Waals surface area contributed by atoms with E-state index < -0.39 is 0 Å². The van der Waals surface area contributed by atoms with E-state index in [0.717, 1.165) is 11.1 Å². The van der Waals surface area contributed by atoms with E-state index in [0.29, 0.717) is 55.9 Å². The second-order valence-electron chi connectivity index (χ2n) is 9.75. The van der Waals surface area contributed by atoms with Crippen LogP contribution in [0, 0.1) is 25.3 Å². The SMILES string of the molecule is Cc1noc(C)c1-c1cc2ncc3[nH]/c(=N\C#N)n([C@H](C)c4ccccc4)c3c2cc1C(=O)Nc1ccc(O)cc1. The van der Waals surface area contributed by atoms with Crippen molar-refractivity contribution in [3.63, 3.8) is 0 Å². The number of fused-ring (bicyclic) bond motifs is 3. The lowest BCUT2D eigenvalue weighted by Gasteiger charge is -2.17. The van der Waals surface area contributed by atoms with Gasteiger partial charge in [-0.2, -0.15) is 5.26 Å². The fourth-order valence-corrected chi connectivity index (χ4v) is 5.25. The Labute approximate surface area is 234 Å². The zero-order valence-electron chi connectivity index (χ0n) is 22.5. The normalized spacial score (nSPS) is 12.5. The van der Waals surface area contributed by atoms with Gasteiger partial charge in [0.2, 0.25) is 11.8 Å². The number of aryl methyl sites for hydroxylation is 2. The van der Waals surface area contributed by atoms with Gasteiger partial charge in [-0.3, -0.25) is 9.78 Å². The fraction of sp³-hybridized carbons (Fsp3) is 0.129. The molecule has 202 valence electrons. The van der Waals surface area contributed by atoms with E-state index in [9.17, 15) is 15.2 Å². The number of aromatic hydroxyl groups is 1. The molecule has 10 nitrogen and oxygen atoms in total. The Morgan fingerprint density at radius 2 is 1.90 bits per heavy atom. The predicted molar refractivity (Wildman–Crippen MR) is 154 cm³/mol. The maximum Gasteiger partial charge on any atom is 0.256 e. The number of aromatic nitrogens is 4. The molecule has 6 rings (SSSR count). The van der Waals surface area contributed by atoms with Gasteiger partial charge in [0.1, 0.15) is 11.5 Å². The molecule has 6 aromatic rings. The van der Waals surface area contributed by atoms with Crippen LogP contribution in [-0.2, 0) is 0 Å². The fourth-order valence-electron chi connectivity index (χ4n) is 5.25. The molecule has 10 heteroatoms. The number of phenols is 1. The van der Waals surface area contributed by atoms with Crippen LogP contribution in [-0.4, -0.2) is 30.7 Å². The zero-order valence-corrected chi connectivity index (χ0v) is 22.5. The molecule has 0 aliphatic rings. The van der Waals surface area contributed by atoms with E-state index in [2.05, 4.69) is 20.4 Å². The number of nitrogens with one attached hydrogen (secondary N) is 2. The van der Waals surface area contributed by atoms with Gasteiger partial charge in [-0.15, -0.1) is 4.99 Å². The summed E-state index contributed by atoms with van der Waals surface area (Å²) in [4.78, 5) is 25.8. The lowest BCUT2D eigenvalue weighted by atomic mass is 9.95. The van der Waals surface area contributed by atoms with Gasteiger partial charge < -0.3 is 24.5 Å². The minimum Gasteiger partial charge on any atom is -0.508 e. The average Bonchev–Trinajstić information content (AvgIpc) is 3.52. The summed E-state index contributed by atoms with van der Waals surface area (Å²) in [6, 6.07) is 19.6. The van der Waals surface area contributed by atoms with Gasteiger partial charge in [0, 0.05) is 27.8 Å². The average molecular weight is 544 g/mol. The number of nitrogens with zero attached hydrogens (tertiary/aromatic N) is 5. The van der Waals surface area contributed by atoms with Crippen molar-refractivity contribution < 1.29 is 14.4 Å². The molecule has 3 aromatic heterocycles. The molecule has 0 aliphatic carbocycles. The van der Waals surface area contributed by atoms with Crippen LogP contribution in [0.25, 0.3) is 33.1 Å². The van der Waals surface area contributed by atoms with Crippen molar-refractivity contribution >= 4 is 33.5 Å². The first kappa shape index (κ1) is 25.6. The first-order valence-corrected chi connectivity index (χ1v) is 12.9. The van der Waals surface area contributed by atoms with E-state index in [4.69, 9.17) is 9.51 Å². The summed E-state index contributed by atoms with van der Waals surface area (Å²) in [5.41, 5.74) is 6.35. The molecular weight excluding hydrogens is 518 g/mol. The molecule has 0 saturated heterocycles. The number of benzene rings is 3. The summed E-state index contributed by atoms with van der Waals surface area (Å²) < 4.78 is 7.40. The number of imidazole rings is 1. The number of hydrogen-bond donors (Lipinski definition) is 3. The monoisotopic (exact) mass is 543 g/mol. The molecule has 3 aromatic carbocycles. The van der Waals surface area contributed by atoms with Crippen LogP contribution in [0.3, 0.4) is 0 Å². The maximum absolute atomic E-state index is 13.8. The van der Waals surface area contributed by atoms with Crippen molar-refractivity contribution in [1.29, 1.82) is 5.26 Å². The van der Waals surface area contributed by atoms with Gasteiger partial charge >= 0.3 is 0 Å². The van der Waals surface area contributed by atoms with Crippen molar-refractivity contribution in [3.8, 4) is 23.1 Å². The Hall–Kier alpha value is -5.69. The van der Waals surface area contributed by atoms with Crippen molar-refractivity contribution in [2.75, 3.05) is 5.32 Å². The molecule has 41 heavy (non-hydrogen) atoms. The van der Waals surface area contributed by atoms with E-state index in [1.807, 2.05) is 61.0 Å². The minimum absolute atomic E-state index is 0.0988. The van der Waals surface area contributed by atoms with Gasteiger partial charge in [-0.05, 0) is 62.7 Å². The summed E-state index contributed by atoms with van der Waals surface area (Å²) in [6.45, 7) is 5.66. The Morgan fingerprint density at radius 1 is 1.15 bits per heavy atom. The van der Waals surface area contributed by atoms with Gasteiger partial charge in [0.05, 0.1) is 34.5 Å². The highest BCUT2D eigenvalue weighted by Gasteiger charge is 2.24. The third-order valence-electron chi connectivity index (χ3n) is 7.19. The van der Waals surface area contributed by atoms with Gasteiger partial charge in [-0.25, -0.2) is 0 Å². The van der Waals surface area contributed by atoms with Gasteiger partial charge in [-0.1, -0.05) is 35.5 Å². The highest BCUT2D eigenvalue weighted by atomic mass is 16.5. The summed E-state index contributed by atoms with van der Waals surface area (Å²) in [5.74, 6) is 0.317. The highest BCUT2D eigenvalue weighted by molar-refractivity contribution is 6.14. The van der Waals surface area contributed by atoms with E-state index in [-0.39, 0.29) is 17.7 Å². The highest BCUT2D eigenvalue weighted by Crippen LogP contribution is 2.36. The topological polar surface area (TPSA) is 145 Å². The zero-order chi connectivity index (χ0) is 28.7. The van der Waals surface area contributed by atoms with Crippen LogP contribution in [0.5, 0.6) is 5.75 Å². The summed E-state index contributed by atoms with van der Waals surface area (Å²) in [7, 11) is 0. The van der Waals surface area contributed by atoms with Crippen LogP contribution in [0.2, 0.25) is 0 Å². The molecule has 0 spiro atoms. The maximum atomic E-state index is 13.8. The number of aromatic amines is 1. The van der Waals surface area contributed by atoms with Crippen LogP contribution < -0.4 is 10.9 Å². The van der Waals surface area contributed by atoms with Gasteiger partial charge in [0.25, 0.3) is 5.91 Å². The first-order chi connectivity index (χ1) is 19.9. The lowest BCUT2D eigenvalue weighted by molar-refractivity contribution is 0.102. The Bertz CT molecular complexity index is 2030. The molecule has 1 amide bonds. The minimum atomic E-state index is -0.357. The number of H-pyrrole nitrogens is 1. The van der Waals surface area contributed by atoms with Crippen LogP contribution in [0.15, 0.2) is 82.4 Å². The molecule has 0 bridgehead atoms. The molecule has 0 radical (unpaired) electrons. The number of amides is 1. The smallest absolute Gasteiger partial charge is 0.256 e. The van der Waals surface area contributed by atoms with Crippen LogP contribution in [0.4, 0.5) is 5.69 Å². The number of carbonyl (C=O) groups excluding carboxylic acids is 1. The summed E-state index contributed by atoms with van der Waals surface area (Å²) >= 11 is 0. The first-order valence-electron chi connectivity index (χ1n) is 12.9. The third-order valence-corrected chi connectivity index (χ3v) is 7.19. The van der Waals surface area contributed by atoms with Crippen molar-refractivity contribution in [2.24, 2.45) is 4.99 Å². The summed E-state index contributed by atoms with van der Waals surface area (Å²) in [5, 5.41) is 26.9. The molecular formula is C31H25N7O3. The number of carbonyl (C=O) groups is 1. The third kappa shape index (κ3) is 4.49. The lowest BCUT2D eigenvalue weighted by Crippen LogP contribution is -2.22. The number of rotatable bonds is 5. The predicted octanol–water partition coefficient (Wildman–Crippen LogP) is 5.74. The Morgan fingerprint density at radius 3 is 2.59 bits per heavy atom. The number of phenolic OH excluding ortho intramolecular Hbond substituents is 1. The second kappa shape index (κ2) is 10.1. The number of anilines is 1. The molecule has 0 aliphatic heterocycles. The number of pyridine rings is 1. The van der Waals surface area contributed by atoms with Crippen molar-refractivity contribution in [3.05, 3.63) is 101 Å². The molecule has 3 N–H and O–H groups in total. The Balaban J connectivity index is 1.65. The van der Waals surface area contributed by atoms with E-state index in [1.54, 1.807) is 31.3 Å². The molecule has 1 atom stereocenters. The summed E-state index contributed by atoms with van der Waals surface area (Å²) in [6.07, 6.45) is 3.60. The van der Waals surface area contributed by atoms with Crippen LogP contribution in [0.1, 0.15) is 40.3 Å². The van der Waals surface area contributed by atoms with E-state index in [1.165, 1.54) is 12.1 Å². The Kier molecular flexibility index (Phi) is 6.32. The van der Waals surface area contributed by atoms with Crippen LogP contribution >= 0.6 is 0 Å². The second-order valence-corrected chi connectivity index (χ2v) is 9.75. The standard InChI is InChI=1S/C31H25N7O3/c1-17-28(19(3)41-37-17)23-14-26-25(13-24(23)30(40)35-21-9-11-22(39)12-10-21)29-27(15-33-26)36-31(34-16-32)38(29)18(2)20-7-5-4-6-8-20/h4-15,18,39H,1-3H3,(H,34,36)(H,35,40)/t18-/m1/s1. The van der Waals surface area contributed by atoms with E-state index >= 15 is 0 Å². The molecule has 0 unspecified atom stereocenters. The molecule has 3 heterocycles. The number of nitriles is 1. The molecule has 0 fully saturated rings. The van der Waals surface area contributed by atoms with Crippen molar-refractivity contribution in [1.82, 2.24) is 19.7 Å². The quantitative estimate of drug-likeness (QED) is 0.187. The largest absolute Gasteiger partial charge is 0.508 e. The number of hydrogen-bond acceptors (Lipinski definition) is 7. The van der Waals surface area contributed by atoms with Crippen molar-refractivity contribution in [2.45, 2.75) is 26.8 Å². The van der Waals surface area contributed by atoms with Gasteiger partial charge in [0.15, 0.2) is 0 Å².